The van der Waals surface area contributed by atoms with Crippen LogP contribution in [0, 0.1) is 35.0 Å². The molecular weight excluding hydrogens is 1960 g/mol. The molecule has 0 aromatic heterocycles. The van der Waals surface area contributed by atoms with Crippen molar-refractivity contribution in [1.82, 2.24) is 5.06 Å². The van der Waals surface area contributed by atoms with Crippen molar-refractivity contribution in [3.8, 4) is 0 Å². The minimum absolute atomic E-state index is 0.00779. The molecular formula is C85H163N19O42. The minimum atomic E-state index is -1.67. The van der Waals surface area contributed by atoms with Gasteiger partial charge < -0.3 is 290 Å². The van der Waals surface area contributed by atoms with Gasteiger partial charge in [0.2, 0.25) is 5.91 Å². The zero-order valence-electron chi connectivity index (χ0n) is 80.8. The van der Waals surface area contributed by atoms with Crippen molar-refractivity contribution < 1.29 is 207 Å². The van der Waals surface area contributed by atoms with E-state index in [1.807, 2.05) is 0 Å². The number of hydroxylamine groups is 2. The number of carbonyl (C=O) groups is 2. The van der Waals surface area contributed by atoms with E-state index in [0.717, 1.165) is 0 Å². The third-order valence-corrected chi connectivity index (χ3v) is 29.8. The van der Waals surface area contributed by atoms with Crippen LogP contribution in [-0.2, 0) is 94.9 Å². The van der Waals surface area contributed by atoms with Crippen molar-refractivity contribution in [1.29, 1.82) is 5.41 Å². The number of aliphatic hydroxyl groups excluding tert-OH is 20. The van der Waals surface area contributed by atoms with Gasteiger partial charge in [0.1, 0.15) is 152 Å². The Morgan fingerprint density at radius 2 is 0.603 bits per heavy atom. The number of nitrogens with two attached hydrogens (primary N) is 17. The molecule has 9 aliphatic heterocycles. The van der Waals surface area contributed by atoms with Crippen LogP contribution in [0.5, 0.6) is 0 Å². The summed E-state index contributed by atoms with van der Waals surface area (Å²) in [4.78, 5) is 26.0. The van der Waals surface area contributed by atoms with E-state index in [2.05, 4.69) is 0 Å². The molecule has 1 amide bonds. The average Bonchev–Trinajstić information content (AvgIpc) is 0.898. The zero-order chi connectivity index (χ0) is 108. The number of amidine groups is 1. The normalized spacial score (nSPS) is 48.4. The molecule has 9 heterocycles. The third-order valence-electron chi connectivity index (χ3n) is 29.8. The first-order valence-electron chi connectivity index (χ1n) is 49.5. The van der Waals surface area contributed by atoms with Gasteiger partial charge in [-0.25, -0.2) is 5.06 Å². The smallest absolute Gasteiger partial charge is 0.246 e. The maximum atomic E-state index is 13.4. The van der Waals surface area contributed by atoms with Gasteiger partial charge in [0.15, 0.2) is 62.4 Å². The molecule has 57 N–H and O–H groups in total. The Labute approximate surface area is 839 Å². The SMILES string of the molecule is N=C(N)CC1CC(O)(C(=O)C[C@@H]2C[C@H](N)[C@@H](O[C@H]3O[C@H](CN)[C@@H](O)C[C@H]3N)[C@H](O[C@@H]3O[C@H](CO)[C@@H](O[C@H]4O[C@@H](CN)[C@@H](O)[C@H](O)[C@H]4N)[C@H]3O)[C@H]2O)C1.NCCN(O)C(=O)C[C@@H]1C[C@H](N)[C@@H](O[C@H]2O[C@H](CN)[C@@H](O)C[C@H]2N)[C@H](O[C@@H]2O[C@H](CO)[C@@H](O[C@H]3O[C@@H](CN)[C@@H](O)[C@H](O)[C@H]3N)[C@H]2O)[C@H]1O.NC[C@@H]1O[C@H](O[C@H]2[C@@H](O)[C@H](O[C@@H]3[C@@H](O)[C@H](CC(CO)CO)C[C@H](N)[C@H]3O[C@H]3O[C@H](CN)[C@@H](O)C[C@H]3N)O[C@@H]2CO)[C@H](N)[C@@H](O)[C@@H]1O. The topological polar surface area (TPSA) is 1110 Å². The number of Topliss-reactive ketones (excluding diaryl/α,β-unsaturated/α-hetero) is 1. The second-order valence-corrected chi connectivity index (χ2v) is 40.4. The van der Waals surface area contributed by atoms with Crippen LogP contribution in [0.15, 0.2) is 0 Å². The van der Waals surface area contributed by atoms with Gasteiger partial charge >= 0.3 is 0 Å². The summed E-state index contributed by atoms with van der Waals surface area (Å²) in [5, 5.41) is 240. The molecule has 146 heavy (non-hydrogen) atoms. The minimum Gasteiger partial charge on any atom is -0.396 e. The number of nitrogens with zero attached hydrogens (tertiary/aromatic N) is 1. The average molecular weight is 2120 g/mol. The maximum Gasteiger partial charge on any atom is 0.246 e. The van der Waals surface area contributed by atoms with Crippen molar-refractivity contribution >= 4 is 17.5 Å². The standard InChI is InChI=1S/C31H57N7O14.C27H53N7O14.C27H53N5O14/c32-7-15-14(40)4-13(35)28(47-15)50-25-12(34)2-11(3-18(41)31(46)5-10(6-31)1-19(36)37)21(42)27(25)52-30-24(45)26(17(9-39)49-30)51-29-20(38)23(44)22(43)16(8-33)48-29;28-1-2-34(42)16(37)4-9-3-10(31)22(46-25-11(32)5-12(36)13(6-29)43-25)24(18(9)38)48-27-21(41)23(15(8-35)45-27)47-26-17(33)20(40)19(39)14(7-30)44-26;28-4-14-13(36)3-12(31)25(41-14)44-22-11(30)2-10(1-9(6-33)7-34)18(37)24(22)46-27-21(40)23(16(8-35)43-27)45-26-17(32)20(39)19(38)15(5-29)42-26/h10-17,20-30,39-40,42-46H,1-9,32-35,38H2,(H3,36,37);9-15,17-27,35-36,38-42H,1-8,28-33H2;9-27,33-40H,1-8,28-32H2/t10?,11-,12-,13+,14-,15+,16-,17+,20+,21-,22+,23+,24+,25+,26+,27+,28+,29+,30-,31?;9-,10-,11+,12-,13+,14-,15+,17+,18-,19+,20+,21+,22+,23+,24+,25+,26+,27-;10-,11+,12-,13+,14-,15+,16-,17-,18+,19-,20-,21-,22-,23-,24-,25-,26-,27+/m001/s1. The fraction of sp³-hybridized carbons (Fsp3) is 0.965. The molecule has 0 spiro atoms. The highest BCUT2D eigenvalue weighted by atomic mass is 16.8. The third kappa shape index (κ3) is 28.5. The molecule has 0 aromatic carbocycles. The molecule has 61 nitrogen and oxygen atoms in total. The Morgan fingerprint density at radius 1 is 0.329 bits per heavy atom. The zero-order valence-corrected chi connectivity index (χ0v) is 80.8. The van der Waals surface area contributed by atoms with E-state index >= 15 is 0 Å². The van der Waals surface area contributed by atoms with Crippen LogP contribution in [0.2, 0.25) is 0 Å². The van der Waals surface area contributed by atoms with Gasteiger partial charge in [0, 0.05) is 102 Å². The lowest BCUT2D eigenvalue weighted by molar-refractivity contribution is -0.299. The number of carbonyl (C=O) groups excluding carboxylic acids is 2. The van der Waals surface area contributed by atoms with Crippen molar-refractivity contribution in [3.05, 3.63) is 0 Å². The van der Waals surface area contributed by atoms with Gasteiger partial charge in [-0.15, -0.1) is 0 Å². The number of hydrogen-bond donors (Lipinski definition) is 40. The lowest BCUT2D eigenvalue weighted by Crippen LogP contribution is -2.64. The van der Waals surface area contributed by atoms with Crippen LogP contribution < -0.4 is 97.5 Å². The van der Waals surface area contributed by atoms with E-state index in [-0.39, 0.29) is 154 Å². The number of ether oxygens (including phenoxy) is 18. The van der Waals surface area contributed by atoms with Crippen molar-refractivity contribution in [2.24, 2.45) is 127 Å². The summed E-state index contributed by atoms with van der Waals surface area (Å²) in [6.07, 6.45) is -53.3. The summed E-state index contributed by atoms with van der Waals surface area (Å²) in [6, 6.07) is -8.92. The number of hydrogen-bond acceptors (Lipinski definition) is 59. The van der Waals surface area contributed by atoms with Gasteiger partial charge in [-0.3, -0.25) is 20.2 Å². The fourth-order valence-electron chi connectivity index (χ4n) is 21.2. The number of aliphatic hydroxyl groups is 21. The molecule has 4 aliphatic carbocycles. The predicted molar refractivity (Wildman–Crippen MR) is 491 cm³/mol. The molecule has 0 bridgehead atoms. The van der Waals surface area contributed by atoms with E-state index < -0.39 is 373 Å². The van der Waals surface area contributed by atoms with E-state index in [1.54, 1.807) is 0 Å². The quantitative estimate of drug-likeness (QED) is 0.0117. The van der Waals surface area contributed by atoms with Crippen LogP contribution >= 0.6 is 0 Å². The highest BCUT2D eigenvalue weighted by Crippen LogP contribution is 2.47. The number of nitrogens with one attached hydrogen (secondary N) is 1. The predicted octanol–water partition coefficient (Wildman–Crippen LogP) is -22.7. The molecule has 0 radical (unpaired) electrons. The van der Waals surface area contributed by atoms with Crippen LogP contribution in [0.4, 0.5) is 0 Å². The molecule has 850 valence electrons. The van der Waals surface area contributed by atoms with Crippen LogP contribution in [0.1, 0.15) is 77.0 Å². The lowest BCUT2D eigenvalue weighted by Gasteiger charge is -2.48. The second kappa shape index (κ2) is 54.8. The van der Waals surface area contributed by atoms with Gasteiger partial charge in [0.25, 0.3) is 0 Å². The fourth-order valence-corrected chi connectivity index (χ4v) is 21.2. The van der Waals surface area contributed by atoms with Crippen molar-refractivity contribution in [2.75, 3.05) is 85.4 Å². The number of amides is 1. The van der Waals surface area contributed by atoms with Gasteiger partial charge in [-0.2, -0.15) is 0 Å². The number of rotatable bonds is 40. The largest absolute Gasteiger partial charge is 0.396 e. The highest BCUT2D eigenvalue weighted by Gasteiger charge is 2.62. The second-order valence-electron chi connectivity index (χ2n) is 40.4. The molecule has 54 atom stereocenters. The van der Waals surface area contributed by atoms with Crippen LogP contribution in [0.3, 0.4) is 0 Å². The van der Waals surface area contributed by atoms with Gasteiger partial charge in [-0.05, 0) is 81.5 Å². The molecule has 9 saturated heterocycles. The molecule has 0 unspecified atom stereocenters. The van der Waals surface area contributed by atoms with Gasteiger partial charge in [0.05, 0.1) is 123 Å². The van der Waals surface area contributed by atoms with E-state index in [9.17, 15) is 122 Å². The lowest BCUT2D eigenvalue weighted by atomic mass is 9.65. The van der Waals surface area contributed by atoms with Crippen molar-refractivity contribution in [2.45, 2.75) is 395 Å². The Morgan fingerprint density at radius 3 is 0.890 bits per heavy atom. The summed E-state index contributed by atoms with van der Waals surface area (Å²) in [5.41, 5.74) is 99.9. The molecule has 0 aromatic rings. The van der Waals surface area contributed by atoms with Crippen LogP contribution in [0.25, 0.3) is 0 Å². The first kappa shape index (κ1) is 123. The Balaban J connectivity index is 0.000000209. The molecule has 61 heteroatoms. The van der Waals surface area contributed by atoms with E-state index in [1.165, 1.54) is 0 Å². The summed E-state index contributed by atoms with van der Waals surface area (Å²) in [6.45, 7) is -3.48. The molecule has 13 fully saturated rings. The highest BCUT2D eigenvalue weighted by molar-refractivity contribution is 5.89. The Bertz CT molecular complexity index is 3930. The maximum absolute atomic E-state index is 13.4. The first-order valence-corrected chi connectivity index (χ1v) is 49.5. The molecule has 13 rings (SSSR count). The van der Waals surface area contributed by atoms with E-state index in [0.29, 0.717) is 5.06 Å². The summed E-state index contributed by atoms with van der Waals surface area (Å²) >= 11 is 0. The molecule has 4 saturated carbocycles. The molecule has 13 aliphatic rings. The van der Waals surface area contributed by atoms with Gasteiger partial charge in [-0.1, -0.05) is 0 Å². The van der Waals surface area contributed by atoms with E-state index in [4.69, 9.17) is 188 Å². The first-order chi connectivity index (χ1) is 69.1. The summed E-state index contributed by atoms with van der Waals surface area (Å²) < 4.78 is 106. The Hall–Kier alpha value is -3.63. The summed E-state index contributed by atoms with van der Waals surface area (Å²) in [7, 11) is 0. The Kier molecular flexibility index (Phi) is 46.0. The monoisotopic (exact) mass is 2120 g/mol. The van der Waals surface area contributed by atoms with Crippen LogP contribution in [-0.4, -0.2) is 538 Å². The summed E-state index contributed by atoms with van der Waals surface area (Å²) in [5.74, 6) is -4.32. The number of ketones is 1. The van der Waals surface area contributed by atoms with Crippen molar-refractivity contribution in [3.63, 3.8) is 0 Å².